The van der Waals surface area contributed by atoms with Crippen LogP contribution in [0, 0.1) is 0 Å². The van der Waals surface area contributed by atoms with E-state index in [2.05, 4.69) is 46.7 Å². The second-order valence-electron chi connectivity index (χ2n) is 4.62. The van der Waals surface area contributed by atoms with Gasteiger partial charge in [0, 0.05) is 31.0 Å². The fraction of sp³-hybridized carbons (Fsp3) is 0.500. The van der Waals surface area contributed by atoms with Crippen molar-refractivity contribution in [3.63, 3.8) is 0 Å². The molecule has 2 N–H and O–H groups in total. The Morgan fingerprint density at radius 3 is 2.50 bits per heavy atom. The Hall–Kier alpha value is -1.29. The van der Waals surface area contributed by atoms with Gasteiger partial charge in [-0.25, -0.2) is 0 Å². The first-order valence-corrected chi connectivity index (χ1v) is 7.10. The molecule has 1 fully saturated rings. The molecule has 0 radical (unpaired) electrons. The zero-order valence-corrected chi connectivity index (χ0v) is 11.7. The van der Waals surface area contributed by atoms with Gasteiger partial charge in [0.1, 0.15) is 0 Å². The van der Waals surface area contributed by atoms with E-state index in [1.165, 1.54) is 31.6 Å². The molecule has 18 heavy (non-hydrogen) atoms. The highest BCUT2D eigenvalue weighted by atomic mass is 32.1. The van der Waals surface area contributed by atoms with Gasteiger partial charge in [0.05, 0.1) is 0 Å². The first kappa shape index (κ1) is 13.1. The standard InChI is InChI=1S/C14H21N3S/c1-2-9-15-14(18)16-12-5-7-13(8-6-12)17-10-3-4-11-17/h5-8H,2-4,9-11H2,1H3,(H2,15,16,18). The van der Waals surface area contributed by atoms with Gasteiger partial charge >= 0.3 is 0 Å². The first-order valence-electron chi connectivity index (χ1n) is 6.69. The number of thiocarbonyl (C=S) groups is 1. The molecule has 1 aliphatic heterocycles. The van der Waals surface area contributed by atoms with Gasteiger partial charge in [0.2, 0.25) is 0 Å². The van der Waals surface area contributed by atoms with Gasteiger partial charge < -0.3 is 15.5 Å². The quantitative estimate of drug-likeness (QED) is 0.817. The molecule has 1 heterocycles. The summed E-state index contributed by atoms with van der Waals surface area (Å²) in [5.41, 5.74) is 2.36. The minimum atomic E-state index is 0.700. The molecule has 0 atom stereocenters. The number of hydrogen-bond acceptors (Lipinski definition) is 2. The Morgan fingerprint density at radius 2 is 1.89 bits per heavy atom. The minimum absolute atomic E-state index is 0.700. The highest BCUT2D eigenvalue weighted by Gasteiger charge is 2.11. The minimum Gasteiger partial charge on any atom is -0.372 e. The summed E-state index contributed by atoms with van der Waals surface area (Å²) in [6.45, 7) is 5.41. The Labute approximate surface area is 115 Å². The van der Waals surface area contributed by atoms with Crippen molar-refractivity contribution in [3.8, 4) is 0 Å². The van der Waals surface area contributed by atoms with Gasteiger partial charge in [-0.15, -0.1) is 0 Å². The summed E-state index contributed by atoms with van der Waals surface area (Å²) in [4.78, 5) is 2.43. The second-order valence-corrected chi connectivity index (χ2v) is 5.03. The van der Waals surface area contributed by atoms with Crippen LogP contribution in [0.5, 0.6) is 0 Å². The summed E-state index contributed by atoms with van der Waals surface area (Å²) in [5.74, 6) is 0. The van der Waals surface area contributed by atoms with Crippen LogP contribution >= 0.6 is 12.2 Å². The van der Waals surface area contributed by atoms with Crippen molar-refractivity contribution >= 4 is 28.7 Å². The van der Waals surface area contributed by atoms with Crippen LogP contribution in [-0.4, -0.2) is 24.7 Å². The molecule has 0 aliphatic carbocycles. The van der Waals surface area contributed by atoms with Crippen LogP contribution in [-0.2, 0) is 0 Å². The molecular weight excluding hydrogens is 242 g/mol. The maximum Gasteiger partial charge on any atom is 0.170 e. The van der Waals surface area contributed by atoms with Crippen molar-refractivity contribution in [2.45, 2.75) is 26.2 Å². The van der Waals surface area contributed by atoms with Crippen molar-refractivity contribution in [3.05, 3.63) is 24.3 Å². The fourth-order valence-corrected chi connectivity index (χ4v) is 2.36. The van der Waals surface area contributed by atoms with Crippen LogP contribution in [0.3, 0.4) is 0 Å². The summed E-state index contributed by atoms with van der Waals surface area (Å²) in [5, 5.41) is 7.06. The lowest BCUT2D eigenvalue weighted by Crippen LogP contribution is -2.28. The van der Waals surface area contributed by atoms with Crippen molar-refractivity contribution in [2.24, 2.45) is 0 Å². The number of nitrogens with one attached hydrogen (secondary N) is 2. The Balaban J connectivity index is 1.88. The maximum absolute atomic E-state index is 5.21. The molecular formula is C14H21N3S. The molecule has 0 bridgehead atoms. The normalized spacial score (nSPS) is 14.6. The third-order valence-corrected chi connectivity index (χ3v) is 3.38. The Morgan fingerprint density at radius 1 is 1.22 bits per heavy atom. The zero-order valence-electron chi connectivity index (χ0n) is 10.9. The summed E-state index contributed by atoms with van der Waals surface area (Å²) in [7, 11) is 0. The van der Waals surface area contributed by atoms with Gasteiger partial charge in [-0.05, 0) is 55.7 Å². The van der Waals surface area contributed by atoms with Crippen LogP contribution in [0.25, 0.3) is 0 Å². The molecule has 1 aromatic rings. The predicted molar refractivity (Wildman–Crippen MR) is 82.4 cm³/mol. The van der Waals surface area contributed by atoms with Crippen LogP contribution in [0.1, 0.15) is 26.2 Å². The maximum atomic E-state index is 5.21. The molecule has 1 aromatic carbocycles. The zero-order chi connectivity index (χ0) is 12.8. The fourth-order valence-electron chi connectivity index (χ4n) is 2.14. The SMILES string of the molecule is CCCNC(=S)Nc1ccc(N2CCCC2)cc1. The van der Waals surface area contributed by atoms with Crippen molar-refractivity contribution in [1.82, 2.24) is 5.32 Å². The van der Waals surface area contributed by atoms with Crippen LogP contribution < -0.4 is 15.5 Å². The second kappa shape index (κ2) is 6.59. The summed E-state index contributed by atoms with van der Waals surface area (Å²) in [6.07, 6.45) is 3.70. The smallest absolute Gasteiger partial charge is 0.170 e. The van der Waals surface area contributed by atoms with E-state index in [4.69, 9.17) is 12.2 Å². The molecule has 0 unspecified atom stereocenters. The number of hydrogen-bond donors (Lipinski definition) is 2. The molecule has 3 nitrogen and oxygen atoms in total. The summed E-state index contributed by atoms with van der Waals surface area (Å²) >= 11 is 5.21. The average molecular weight is 263 g/mol. The number of anilines is 2. The number of benzene rings is 1. The Kier molecular flexibility index (Phi) is 4.81. The molecule has 2 rings (SSSR count). The monoisotopic (exact) mass is 263 g/mol. The molecule has 1 saturated heterocycles. The van der Waals surface area contributed by atoms with E-state index in [1.54, 1.807) is 0 Å². The van der Waals surface area contributed by atoms with E-state index in [0.717, 1.165) is 18.7 Å². The molecule has 1 aliphatic rings. The lowest BCUT2D eigenvalue weighted by Gasteiger charge is -2.18. The number of nitrogens with zero attached hydrogens (tertiary/aromatic N) is 1. The molecule has 0 spiro atoms. The van der Waals surface area contributed by atoms with Crippen molar-refractivity contribution in [2.75, 3.05) is 29.9 Å². The van der Waals surface area contributed by atoms with Crippen LogP contribution in [0.2, 0.25) is 0 Å². The van der Waals surface area contributed by atoms with Crippen molar-refractivity contribution < 1.29 is 0 Å². The summed E-state index contributed by atoms with van der Waals surface area (Å²) < 4.78 is 0. The molecule has 0 aromatic heterocycles. The lowest BCUT2D eigenvalue weighted by molar-refractivity contribution is 0.846. The van der Waals surface area contributed by atoms with Gasteiger partial charge in [0.15, 0.2) is 5.11 Å². The predicted octanol–water partition coefficient (Wildman–Crippen LogP) is 2.98. The highest BCUT2D eigenvalue weighted by molar-refractivity contribution is 7.80. The largest absolute Gasteiger partial charge is 0.372 e. The topological polar surface area (TPSA) is 27.3 Å². The van der Waals surface area contributed by atoms with Crippen LogP contribution in [0.15, 0.2) is 24.3 Å². The third-order valence-electron chi connectivity index (χ3n) is 3.13. The van der Waals surface area contributed by atoms with E-state index in [0.29, 0.717) is 5.11 Å². The highest BCUT2D eigenvalue weighted by Crippen LogP contribution is 2.21. The average Bonchev–Trinajstić information content (AvgIpc) is 2.91. The van der Waals surface area contributed by atoms with E-state index >= 15 is 0 Å². The number of rotatable bonds is 4. The van der Waals surface area contributed by atoms with Gasteiger partial charge in [-0.2, -0.15) is 0 Å². The van der Waals surface area contributed by atoms with E-state index in [1.807, 2.05) is 0 Å². The van der Waals surface area contributed by atoms with Gasteiger partial charge in [0.25, 0.3) is 0 Å². The van der Waals surface area contributed by atoms with Gasteiger partial charge in [-0.3, -0.25) is 0 Å². The van der Waals surface area contributed by atoms with Crippen LogP contribution in [0.4, 0.5) is 11.4 Å². The van der Waals surface area contributed by atoms with Gasteiger partial charge in [-0.1, -0.05) is 6.92 Å². The third kappa shape index (κ3) is 3.60. The summed E-state index contributed by atoms with van der Waals surface area (Å²) in [6, 6.07) is 8.51. The molecule has 0 amide bonds. The van der Waals surface area contributed by atoms with E-state index in [-0.39, 0.29) is 0 Å². The molecule has 0 saturated carbocycles. The lowest BCUT2D eigenvalue weighted by atomic mass is 10.2. The Bertz CT molecular complexity index is 383. The first-order chi connectivity index (χ1) is 8.79. The molecule has 98 valence electrons. The van der Waals surface area contributed by atoms with Crippen molar-refractivity contribution in [1.29, 1.82) is 0 Å². The molecule has 4 heteroatoms. The van der Waals surface area contributed by atoms with E-state index in [9.17, 15) is 0 Å². The van der Waals surface area contributed by atoms with E-state index < -0.39 is 0 Å².